The molecule has 0 aromatic carbocycles. The van der Waals surface area contributed by atoms with Gasteiger partial charge in [0.1, 0.15) is 0 Å². The topological polar surface area (TPSA) is 20.3 Å². The Morgan fingerprint density at radius 3 is 2.36 bits per heavy atom. The third-order valence-electron chi connectivity index (χ3n) is 1.81. The molecule has 1 unspecified atom stereocenters. The van der Waals surface area contributed by atoms with Crippen LogP contribution in [0.1, 0.15) is 33.6 Å². The zero-order valence-corrected chi connectivity index (χ0v) is 8.19. The molecule has 11 heavy (non-hydrogen) atoms. The standard InChI is InChI=1S/C8H16ClNO/c1-4-6-10(8(9)11)7(3)5-2/h7H,4-6H2,1-3H3. The molecule has 1 amide bonds. The van der Waals surface area contributed by atoms with Gasteiger partial charge < -0.3 is 4.90 Å². The van der Waals surface area contributed by atoms with Crippen molar-refractivity contribution in [3.05, 3.63) is 0 Å². The molecule has 0 bridgehead atoms. The molecule has 0 aromatic heterocycles. The molecule has 0 radical (unpaired) electrons. The van der Waals surface area contributed by atoms with E-state index in [-0.39, 0.29) is 11.4 Å². The Morgan fingerprint density at radius 2 is 2.09 bits per heavy atom. The number of carbonyl (C=O) groups excluding carboxylic acids is 1. The summed E-state index contributed by atoms with van der Waals surface area (Å²) in [7, 11) is 0. The van der Waals surface area contributed by atoms with E-state index >= 15 is 0 Å². The van der Waals surface area contributed by atoms with Crippen molar-refractivity contribution < 1.29 is 4.79 Å². The van der Waals surface area contributed by atoms with Gasteiger partial charge in [-0.1, -0.05) is 13.8 Å². The summed E-state index contributed by atoms with van der Waals surface area (Å²) >= 11 is 5.38. The second-order valence-electron chi connectivity index (χ2n) is 2.70. The maximum absolute atomic E-state index is 10.8. The van der Waals surface area contributed by atoms with Crippen molar-refractivity contribution in [3.63, 3.8) is 0 Å². The van der Waals surface area contributed by atoms with Gasteiger partial charge in [0.25, 0.3) is 0 Å². The van der Waals surface area contributed by atoms with Crippen molar-refractivity contribution in [2.24, 2.45) is 0 Å². The predicted molar refractivity (Wildman–Crippen MR) is 48.0 cm³/mol. The van der Waals surface area contributed by atoms with E-state index in [2.05, 4.69) is 0 Å². The largest absolute Gasteiger partial charge is 0.327 e. The number of carbonyl (C=O) groups is 1. The summed E-state index contributed by atoms with van der Waals surface area (Å²) in [4.78, 5) is 12.5. The lowest BCUT2D eigenvalue weighted by Gasteiger charge is -2.25. The van der Waals surface area contributed by atoms with Crippen LogP contribution in [0.5, 0.6) is 0 Å². The number of nitrogens with zero attached hydrogens (tertiary/aromatic N) is 1. The van der Waals surface area contributed by atoms with Crippen LogP contribution in [0.2, 0.25) is 0 Å². The van der Waals surface area contributed by atoms with Gasteiger partial charge in [-0.15, -0.1) is 0 Å². The van der Waals surface area contributed by atoms with Gasteiger partial charge >= 0.3 is 5.37 Å². The summed E-state index contributed by atoms with van der Waals surface area (Å²) < 4.78 is 0. The number of hydrogen-bond acceptors (Lipinski definition) is 1. The van der Waals surface area contributed by atoms with Gasteiger partial charge in [0, 0.05) is 12.6 Å². The van der Waals surface area contributed by atoms with Gasteiger partial charge in [0.15, 0.2) is 0 Å². The first kappa shape index (κ1) is 10.8. The van der Waals surface area contributed by atoms with Gasteiger partial charge in [-0.25, -0.2) is 0 Å². The maximum atomic E-state index is 10.8. The lowest BCUT2D eigenvalue weighted by atomic mass is 10.2. The maximum Gasteiger partial charge on any atom is 0.316 e. The molecule has 0 saturated heterocycles. The molecular formula is C8H16ClNO. The second kappa shape index (κ2) is 5.42. The minimum atomic E-state index is -0.332. The SMILES string of the molecule is CCCN(C(=O)Cl)C(C)CC. The highest BCUT2D eigenvalue weighted by Crippen LogP contribution is 2.07. The Kier molecular flexibility index (Phi) is 5.30. The summed E-state index contributed by atoms with van der Waals surface area (Å²) in [5, 5.41) is -0.332. The minimum Gasteiger partial charge on any atom is -0.327 e. The molecule has 0 rings (SSSR count). The molecule has 3 heteroatoms. The van der Waals surface area contributed by atoms with Gasteiger partial charge in [0.05, 0.1) is 0 Å². The number of hydrogen-bond donors (Lipinski definition) is 0. The average Bonchev–Trinajstić information content (AvgIpc) is 1.98. The minimum absolute atomic E-state index is 0.264. The Hall–Kier alpha value is -0.240. The quantitative estimate of drug-likeness (QED) is 0.478. The fourth-order valence-corrected chi connectivity index (χ4v) is 1.19. The first-order valence-electron chi connectivity index (χ1n) is 4.09. The lowest BCUT2D eigenvalue weighted by molar-refractivity contribution is 0.201. The van der Waals surface area contributed by atoms with Crippen molar-refractivity contribution in [2.45, 2.75) is 39.7 Å². The molecule has 0 N–H and O–H groups in total. The van der Waals surface area contributed by atoms with Crippen molar-refractivity contribution in [3.8, 4) is 0 Å². The smallest absolute Gasteiger partial charge is 0.316 e. The Labute approximate surface area is 73.5 Å². The Bertz CT molecular complexity index is 127. The molecule has 0 spiro atoms. The molecule has 0 heterocycles. The molecule has 2 nitrogen and oxygen atoms in total. The van der Waals surface area contributed by atoms with E-state index in [4.69, 9.17) is 11.6 Å². The summed E-state index contributed by atoms with van der Waals surface area (Å²) in [6.45, 7) is 6.86. The predicted octanol–water partition coefficient (Wildman–Crippen LogP) is 2.86. The van der Waals surface area contributed by atoms with Gasteiger partial charge in [0.2, 0.25) is 0 Å². The summed E-state index contributed by atoms with van der Waals surface area (Å²) in [6, 6.07) is 0.264. The van der Waals surface area contributed by atoms with Crippen LogP contribution in [-0.2, 0) is 0 Å². The zero-order chi connectivity index (χ0) is 8.85. The van der Waals surface area contributed by atoms with Crippen molar-refractivity contribution in [2.75, 3.05) is 6.54 Å². The van der Waals surface area contributed by atoms with Crippen LogP contribution in [0, 0.1) is 0 Å². The van der Waals surface area contributed by atoms with Crippen LogP contribution in [0.3, 0.4) is 0 Å². The molecule has 0 aliphatic heterocycles. The van der Waals surface area contributed by atoms with Crippen molar-refractivity contribution >= 4 is 17.0 Å². The second-order valence-corrected chi connectivity index (χ2v) is 3.03. The Balaban J connectivity index is 3.97. The number of amides is 1. The van der Waals surface area contributed by atoms with Crippen LogP contribution in [-0.4, -0.2) is 22.9 Å². The normalized spacial score (nSPS) is 12.7. The highest BCUT2D eigenvalue weighted by atomic mass is 35.5. The highest BCUT2D eigenvalue weighted by Gasteiger charge is 2.14. The van der Waals surface area contributed by atoms with E-state index in [0.29, 0.717) is 0 Å². The van der Waals surface area contributed by atoms with Crippen LogP contribution >= 0.6 is 11.6 Å². The lowest BCUT2D eigenvalue weighted by Crippen LogP contribution is -2.35. The molecule has 1 atom stereocenters. The monoisotopic (exact) mass is 177 g/mol. The average molecular weight is 178 g/mol. The molecule has 0 fully saturated rings. The van der Waals surface area contributed by atoms with E-state index in [9.17, 15) is 4.79 Å². The molecule has 0 saturated carbocycles. The molecule has 0 aliphatic carbocycles. The van der Waals surface area contributed by atoms with E-state index in [0.717, 1.165) is 19.4 Å². The third-order valence-corrected chi connectivity index (χ3v) is 2.03. The van der Waals surface area contributed by atoms with Gasteiger partial charge in [-0.3, -0.25) is 4.79 Å². The highest BCUT2D eigenvalue weighted by molar-refractivity contribution is 6.62. The third kappa shape index (κ3) is 3.61. The van der Waals surface area contributed by atoms with E-state index < -0.39 is 0 Å². The van der Waals surface area contributed by atoms with E-state index in [1.165, 1.54) is 0 Å². The molecule has 0 aliphatic rings. The van der Waals surface area contributed by atoms with Crippen LogP contribution < -0.4 is 0 Å². The Morgan fingerprint density at radius 1 is 1.55 bits per heavy atom. The number of halogens is 1. The fraction of sp³-hybridized carbons (Fsp3) is 0.875. The molecule has 66 valence electrons. The van der Waals surface area contributed by atoms with Crippen molar-refractivity contribution in [1.29, 1.82) is 0 Å². The summed E-state index contributed by atoms with van der Waals surface area (Å²) in [6.07, 6.45) is 1.92. The van der Waals surface area contributed by atoms with Crippen LogP contribution in [0.25, 0.3) is 0 Å². The van der Waals surface area contributed by atoms with Crippen molar-refractivity contribution in [1.82, 2.24) is 4.90 Å². The molecule has 0 aromatic rings. The first-order chi connectivity index (χ1) is 5.13. The fourth-order valence-electron chi connectivity index (χ4n) is 0.943. The van der Waals surface area contributed by atoms with Gasteiger partial charge in [-0.05, 0) is 31.4 Å². The zero-order valence-electron chi connectivity index (χ0n) is 7.43. The summed E-state index contributed by atoms with van der Waals surface area (Å²) in [5.41, 5.74) is 0. The first-order valence-corrected chi connectivity index (χ1v) is 4.47. The van der Waals surface area contributed by atoms with E-state index in [1.807, 2.05) is 20.8 Å². The van der Waals surface area contributed by atoms with Gasteiger partial charge in [-0.2, -0.15) is 0 Å². The van der Waals surface area contributed by atoms with Crippen LogP contribution in [0.15, 0.2) is 0 Å². The number of rotatable bonds is 4. The van der Waals surface area contributed by atoms with Crippen LogP contribution in [0.4, 0.5) is 4.79 Å². The molecular weight excluding hydrogens is 162 g/mol. The summed E-state index contributed by atoms with van der Waals surface area (Å²) in [5.74, 6) is 0. The van der Waals surface area contributed by atoms with E-state index in [1.54, 1.807) is 4.90 Å².